The average molecular weight is 310 g/mol. The van der Waals surface area contributed by atoms with Crippen LogP contribution in [0.1, 0.15) is 55.8 Å². The predicted molar refractivity (Wildman–Crippen MR) is 86.3 cm³/mol. The third-order valence-corrected chi connectivity index (χ3v) is 4.39. The molecular weight excluding hydrogens is 292 g/mol. The molecule has 1 aliphatic rings. The molecule has 0 heterocycles. The van der Waals surface area contributed by atoms with Crippen LogP contribution in [0, 0.1) is 0 Å². The molecule has 0 fully saturated rings. The largest absolute Gasteiger partial charge is 0.478 e. The van der Waals surface area contributed by atoms with Crippen molar-refractivity contribution in [2.24, 2.45) is 0 Å². The van der Waals surface area contributed by atoms with Crippen molar-refractivity contribution in [1.82, 2.24) is 0 Å². The van der Waals surface area contributed by atoms with Crippen LogP contribution in [0.25, 0.3) is 0 Å². The van der Waals surface area contributed by atoms with E-state index < -0.39 is 11.9 Å². The second kappa shape index (κ2) is 6.24. The molecule has 0 saturated heterocycles. The van der Waals surface area contributed by atoms with Crippen molar-refractivity contribution in [2.75, 3.05) is 0 Å². The molecule has 2 aromatic carbocycles. The minimum atomic E-state index is -1.05. The van der Waals surface area contributed by atoms with Crippen molar-refractivity contribution in [3.63, 3.8) is 0 Å². The van der Waals surface area contributed by atoms with Gasteiger partial charge in [0.05, 0.1) is 11.1 Å². The second-order valence-corrected chi connectivity index (χ2v) is 5.97. The Balaban J connectivity index is 1.96. The molecule has 0 aromatic heterocycles. The first kappa shape index (κ1) is 15.3. The molecule has 118 valence electrons. The monoisotopic (exact) mass is 310 g/mol. The fourth-order valence-electron chi connectivity index (χ4n) is 3.20. The Morgan fingerprint density at radius 1 is 0.870 bits per heavy atom. The third kappa shape index (κ3) is 3.26. The van der Waals surface area contributed by atoms with Gasteiger partial charge in [0.25, 0.3) is 0 Å². The van der Waals surface area contributed by atoms with Crippen LogP contribution in [-0.4, -0.2) is 22.2 Å². The molecular formula is C19H18O4. The standard InChI is InChI=1S/C19H18O4/c20-18(21)15-7-8-17(19(22)23)16(11-15)10-12-5-6-13-3-1-2-4-14(13)9-12/h5-9,11H,1-4,10H2,(H,20,21)(H,22,23). The Labute approximate surface area is 134 Å². The highest BCUT2D eigenvalue weighted by Gasteiger charge is 2.15. The van der Waals surface area contributed by atoms with Crippen LogP contribution in [0.4, 0.5) is 0 Å². The van der Waals surface area contributed by atoms with E-state index in [-0.39, 0.29) is 11.1 Å². The molecule has 1 aliphatic carbocycles. The van der Waals surface area contributed by atoms with Gasteiger partial charge in [0.2, 0.25) is 0 Å². The third-order valence-electron chi connectivity index (χ3n) is 4.39. The molecule has 2 N–H and O–H groups in total. The number of hydrogen-bond acceptors (Lipinski definition) is 2. The number of carboxylic acids is 2. The van der Waals surface area contributed by atoms with Crippen LogP contribution >= 0.6 is 0 Å². The SMILES string of the molecule is O=C(O)c1ccc(C(=O)O)c(Cc2ccc3c(c2)CCCC3)c1. The highest BCUT2D eigenvalue weighted by molar-refractivity contribution is 5.93. The van der Waals surface area contributed by atoms with Crippen LogP contribution in [0.15, 0.2) is 36.4 Å². The summed E-state index contributed by atoms with van der Waals surface area (Å²) in [7, 11) is 0. The van der Waals surface area contributed by atoms with Gasteiger partial charge in [-0.2, -0.15) is 0 Å². The normalized spacial score (nSPS) is 13.4. The van der Waals surface area contributed by atoms with E-state index in [9.17, 15) is 14.7 Å². The number of benzene rings is 2. The minimum absolute atomic E-state index is 0.114. The number of rotatable bonds is 4. The van der Waals surface area contributed by atoms with E-state index in [0.717, 1.165) is 18.4 Å². The summed E-state index contributed by atoms with van der Waals surface area (Å²) in [6, 6.07) is 10.4. The smallest absolute Gasteiger partial charge is 0.335 e. The number of fused-ring (bicyclic) bond motifs is 1. The number of carbonyl (C=O) groups is 2. The lowest BCUT2D eigenvalue weighted by molar-refractivity contribution is 0.0680. The number of aryl methyl sites for hydroxylation is 2. The van der Waals surface area contributed by atoms with E-state index >= 15 is 0 Å². The molecule has 0 aliphatic heterocycles. The molecule has 4 heteroatoms. The van der Waals surface area contributed by atoms with Crippen LogP contribution in [-0.2, 0) is 19.3 Å². The molecule has 0 saturated carbocycles. The minimum Gasteiger partial charge on any atom is -0.478 e. The van der Waals surface area contributed by atoms with Crippen molar-refractivity contribution in [2.45, 2.75) is 32.1 Å². The van der Waals surface area contributed by atoms with E-state index in [0.29, 0.717) is 12.0 Å². The molecule has 0 bridgehead atoms. The Bertz CT molecular complexity index is 777. The summed E-state index contributed by atoms with van der Waals surface area (Å²) < 4.78 is 0. The molecule has 0 amide bonds. The molecule has 23 heavy (non-hydrogen) atoms. The first-order valence-electron chi connectivity index (χ1n) is 7.75. The second-order valence-electron chi connectivity index (χ2n) is 5.97. The summed E-state index contributed by atoms with van der Waals surface area (Å²) >= 11 is 0. The van der Waals surface area contributed by atoms with Crippen molar-refractivity contribution in [3.05, 3.63) is 69.8 Å². The van der Waals surface area contributed by atoms with Crippen LogP contribution in [0.2, 0.25) is 0 Å². The number of aromatic carboxylic acids is 2. The van der Waals surface area contributed by atoms with E-state index in [2.05, 4.69) is 12.1 Å². The van der Waals surface area contributed by atoms with Gasteiger partial charge in [0, 0.05) is 0 Å². The van der Waals surface area contributed by atoms with E-state index in [4.69, 9.17) is 5.11 Å². The van der Waals surface area contributed by atoms with E-state index in [1.165, 1.54) is 42.2 Å². The maximum absolute atomic E-state index is 11.4. The van der Waals surface area contributed by atoms with Crippen molar-refractivity contribution in [3.8, 4) is 0 Å². The van der Waals surface area contributed by atoms with Crippen LogP contribution < -0.4 is 0 Å². The molecule has 2 aromatic rings. The van der Waals surface area contributed by atoms with Crippen molar-refractivity contribution >= 4 is 11.9 Å². The zero-order valence-electron chi connectivity index (χ0n) is 12.7. The lowest BCUT2D eigenvalue weighted by atomic mass is 9.88. The van der Waals surface area contributed by atoms with Crippen LogP contribution in [0.5, 0.6) is 0 Å². The predicted octanol–water partition coefficient (Wildman–Crippen LogP) is 3.55. The van der Waals surface area contributed by atoms with Gasteiger partial charge in [0.1, 0.15) is 0 Å². The molecule has 3 rings (SSSR count). The number of carboxylic acid groups (broad SMARTS) is 2. The molecule has 0 spiro atoms. The summed E-state index contributed by atoms with van der Waals surface area (Å²) in [5, 5.41) is 18.4. The van der Waals surface area contributed by atoms with Crippen LogP contribution in [0.3, 0.4) is 0 Å². The Hall–Kier alpha value is -2.62. The lowest BCUT2D eigenvalue weighted by Crippen LogP contribution is -2.07. The molecule has 0 radical (unpaired) electrons. The zero-order valence-corrected chi connectivity index (χ0v) is 12.7. The summed E-state index contributed by atoms with van der Waals surface area (Å²) in [6.07, 6.45) is 4.99. The highest BCUT2D eigenvalue weighted by atomic mass is 16.4. The first-order chi connectivity index (χ1) is 11.0. The van der Waals surface area contributed by atoms with Gasteiger partial charge in [-0.05, 0) is 72.6 Å². The van der Waals surface area contributed by atoms with Gasteiger partial charge in [-0.25, -0.2) is 9.59 Å². The highest BCUT2D eigenvalue weighted by Crippen LogP contribution is 2.24. The first-order valence-corrected chi connectivity index (χ1v) is 7.75. The van der Waals surface area contributed by atoms with Crippen molar-refractivity contribution < 1.29 is 19.8 Å². The lowest BCUT2D eigenvalue weighted by Gasteiger charge is -2.17. The van der Waals surface area contributed by atoms with E-state index in [1.807, 2.05) is 6.07 Å². The number of hydrogen-bond donors (Lipinski definition) is 2. The summed E-state index contributed by atoms with van der Waals surface area (Å²) in [4.78, 5) is 22.5. The summed E-state index contributed by atoms with van der Waals surface area (Å²) in [5.74, 6) is -2.08. The molecule has 0 unspecified atom stereocenters. The van der Waals surface area contributed by atoms with Crippen molar-refractivity contribution in [1.29, 1.82) is 0 Å². The average Bonchev–Trinajstić information content (AvgIpc) is 2.54. The molecule has 0 atom stereocenters. The summed E-state index contributed by atoms with van der Waals surface area (Å²) in [6.45, 7) is 0. The Morgan fingerprint density at radius 2 is 1.61 bits per heavy atom. The summed E-state index contributed by atoms with van der Waals surface area (Å²) in [5.41, 5.74) is 4.54. The van der Waals surface area contributed by atoms with Gasteiger partial charge in [-0.3, -0.25) is 0 Å². The van der Waals surface area contributed by atoms with Gasteiger partial charge in [0.15, 0.2) is 0 Å². The fourth-order valence-corrected chi connectivity index (χ4v) is 3.20. The zero-order chi connectivity index (χ0) is 16.4. The van der Waals surface area contributed by atoms with Gasteiger partial charge in [-0.1, -0.05) is 18.2 Å². The van der Waals surface area contributed by atoms with Gasteiger partial charge in [-0.15, -0.1) is 0 Å². The maximum atomic E-state index is 11.4. The molecule has 4 nitrogen and oxygen atoms in total. The quantitative estimate of drug-likeness (QED) is 0.905. The maximum Gasteiger partial charge on any atom is 0.335 e. The fraction of sp³-hybridized carbons (Fsp3) is 0.263. The Kier molecular flexibility index (Phi) is 4.15. The topological polar surface area (TPSA) is 74.6 Å². The van der Waals surface area contributed by atoms with E-state index in [1.54, 1.807) is 0 Å². The Morgan fingerprint density at radius 3 is 2.30 bits per heavy atom. The van der Waals surface area contributed by atoms with Gasteiger partial charge >= 0.3 is 11.9 Å². The van der Waals surface area contributed by atoms with Gasteiger partial charge < -0.3 is 10.2 Å².